The fourth-order valence-corrected chi connectivity index (χ4v) is 6.76. The lowest BCUT2D eigenvalue weighted by atomic mass is 9.80. The van der Waals surface area contributed by atoms with Crippen LogP contribution in [0.25, 0.3) is 0 Å². The molecule has 212 valence electrons. The SMILES string of the molecule is [2H]C([2H])([2H])Oc1c(C(=O)NCc2c(SC)cc(C)[nH]c2=O)cc(Cl)c2c1OC(C)(C1CCC(N3CC(OC)C3)CC1)O2. The Morgan fingerprint density at radius 3 is 2.67 bits per heavy atom. The zero-order valence-electron chi connectivity index (χ0n) is 25.5. The first-order chi connectivity index (χ1) is 19.8. The van der Waals surface area contributed by atoms with Crippen LogP contribution in [-0.2, 0) is 11.3 Å². The fourth-order valence-electron chi connectivity index (χ4n) is 5.82. The third-order valence-electron chi connectivity index (χ3n) is 8.14. The first kappa shape index (κ1) is 24.4. The third-order valence-corrected chi connectivity index (χ3v) is 9.23. The number of amides is 1. The quantitative estimate of drug-likeness (QED) is 0.444. The van der Waals surface area contributed by atoms with Gasteiger partial charge in [-0.2, -0.15) is 0 Å². The van der Waals surface area contributed by atoms with Crippen molar-refractivity contribution in [2.45, 2.75) is 68.9 Å². The van der Waals surface area contributed by atoms with Crippen molar-refractivity contribution >= 4 is 29.3 Å². The van der Waals surface area contributed by atoms with E-state index < -0.39 is 18.7 Å². The van der Waals surface area contributed by atoms with Crippen LogP contribution >= 0.6 is 23.4 Å². The van der Waals surface area contributed by atoms with E-state index in [0.717, 1.165) is 43.7 Å². The molecule has 3 heterocycles. The summed E-state index contributed by atoms with van der Waals surface area (Å²) in [6.07, 6.45) is 5.75. The van der Waals surface area contributed by atoms with Gasteiger partial charge in [0.2, 0.25) is 5.75 Å². The van der Waals surface area contributed by atoms with E-state index in [9.17, 15) is 9.59 Å². The first-order valence-corrected chi connectivity index (χ1v) is 14.7. The number of nitrogens with zero attached hydrogens (tertiary/aromatic N) is 1. The molecule has 1 amide bonds. The summed E-state index contributed by atoms with van der Waals surface area (Å²) in [5, 5.41) is 2.80. The van der Waals surface area contributed by atoms with E-state index >= 15 is 0 Å². The molecule has 2 aliphatic heterocycles. The molecule has 0 radical (unpaired) electrons. The molecule has 1 saturated heterocycles. The first-order valence-electron chi connectivity index (χ1n) is 14.6. The van der Waals surface area contributed by atoms with E-state index in [4.69, 9.17) is 34.7 Å². The highest BCUT2D eigenvalue weighted by molar-refractivity contribution is 7.98. The smallest absolute Gasteiger partial charge is 0.255 e. The molecule has 0 bridgehead atoms. The van der Waals surface area contributed by atoms with Crippen molar-refractivity contribution in [1.82, 2.24) is 15.2 Å². The van der Waals surface area contributed by atoms with Gasteiger partial charge in [0.25, 0.3) is 17.3 Å². The number of carbonyl (C=O) groups excluding carboxylic acids is 1. The van der Waals surface area contributed by atoms with Crippen molar-refractivity contribution in [1.29, 1.82) is 0 Å². The van der Waals surface area contributed by atoms with E-state index in [1.807, 2.05) is 19.2 Å². The molecule has 39 heavy (non-hydrogen) atoms. The van der Waals surface area contributed by atoms with Crippen molar-refractivity contribution < 1.29 is 27.9 Å². The van der Waals surface area contributed by atoms with E-state index in [-0.39, 0.29) is 45.9 Å². The Kier molecular flexibility index (Phi) is 7.03. The normalized spacial score (nSPS) is 26.3. The maximum absolute atomic E-state index is 13.4. The number of pyridine rings is 1. The Morgan fingerprint density at radius 2 is 2.00 bits per heavy atom. The number of methoxy groups -OCH3 is 2. The number of rotatable bonds is 8. The molecule has 2 N–H and O–H groups in total. The van der Waals surface area contributed by atoms with Crippen molar-refractivity contribution in [3.05, 3.63) is 44.3 Å². The predicted octanol–water partition coefficient (Wildman–Crippen LogP) is 4.37. The van der Waals surface area contributed by atoms with Gasteiger partial charge in [-0.1, -0.05) is 11.6 Å². The largest absolute Gasteiger partial charge is 0.492 e. The number of hydrogen-bond acceptors (Lipinski definition) is 8. The lowest BCUT2D eigenvalue weighted by Gasteiger charge is -2.47. The van der Waals surface area contributed by atoms with Crippen LogP contribution in [0.2, 0.25) is 5.02 Å². The minimum Gasteiger partial charge on any atom is -0.492 e. The van der Waals surface area contributed by atoms with Gasteiger partial charge in [-0.15, -0.1) is 11.8 Å². The highest BCUT2D eigenvalue weighted by Crippen LogP contribution is 2.54. The topological polar surface area (TPSA) is 102 Å². The van der Waals surface area contributed by atoms with Gasteiger partial charge >= 0.3 is 0 Å². The average molecular weight is 581 g/mol. The third kappa shape index (κ3) is 5.36. The van der Waals surface area contributed by atoms with Gasteiger partial charge in [-0.05, 0) is 51.0 Å². The number of benzene rings is 1. The summed E-state index contributed by atoms with van der Waals surface area (Å²) < 4.78 is 46.6. The van der Waals surface area contributed by atoms with Gasteiger partial charge in [0.1, 0.15) is 0 Å². The summed E-state index contributed by atoms with van der Waals surface area (Å²) in [4.78, 5) is 31.9. The van der Waals surface area contributed by atoms with E-state index in [1.165, 1.54) is 17.8 Å². The monoisotopic (exact) mass is 580 g/mol. The second-order valence-electron chi connectivity index (χ2n) is 10.5. The van der Waals surface area contributed by atoms with Crippen LogP contribution in [0.1, 0.15) is 58.3 Å². The molecule has 1 aliphatic carbocycles. The predicted molar refractivity (Wildman–Crippen MR) is 151 cm³/mol. The van der Waals surface area contributed by atoms with Crippen LogP contribution in [0.5, 0.6) is 17.2 Å². The van der Waals surface area contributed by atoms with Gasteiger partial charge in [-0.25, -0.2) is 0 Å². The number of aromatic amines is 1. The molecule has 1 atom stereocenters. The summed E-state index contributed by atoms with van der Waals surface area (Å²) >= 11 is 7.98. The summed E-state index contributed by atoms with van der Waals surface area (Å²) in [5.74, 6) is -1.94. The number of thioether (sulfide) groups is 1. The van der Waals surface area contributed by atoms with Crippen LogP contribution in [0.4, 0.5) is 0 Å². The molecule has 11 heteroatoms. The zero-order chi connectivity index (χ0) is 30.4. The summed E-state index contributed by atoms with van der Waals surface area (Å²) in [5.41, 5.74) is 0.629. The van der Waals surface area contributed by atoms with Crippen molar-refractivity contribution in [2.75, 3.05) is 33.5 Å². The summed E-state index contributed by atoms with van der Waals surface area (Å²) in [7, 11) is -1.14. The molecule has 1 saturated carbocycles. The zero-order valence-corrected chi connectivity index (χ0v) is 24.1. The number of carbonyl (C=O) groups is 1. The molecule has 2 fully saturated rings. The molecular formula is C28H36ClN3O6S. The van der Waals surface area contributed by atoms with Crippen LogP contribution in [-0.4, -0.2) is 67.2 Å². The Morgan fingerprint density at radius 1 is 1.28 bits per heavy atom. The molecule has 9 nitrogen and oxygen atoms in total. The van der Waals surface area contributed by atoms with Gasteiger partial charge in [-0.3, -0.25) is 14.5 Å². The number of H-pyrrole nitrogens is 1. The standard InChI is InChI=1S/C28H36ClN3O6S/c1-15-10-22(39-5)20(27(34)31-15)12-30-26(33)19-11-21(29)24-25(23(19)36-4)38-28(2,37-24)16-6-8-17(9-7-16)32-13-18(14-32)35-3/h10-11,16-18H,6-9,12-14H2,1-5H3,(H,30,33)(H,31,34)/i4D3. The Hall–Kier alpha value is -2.40. The molecule has 0 spiro atoms. The highest BCUT2D eigenvalue weighted by Gasteiger charge is 2.49. The van der Waals surface area contributed by atoms with E-state index in [1.54, 1.807) is 14.0 Å². The van der Waals surface area contributed by atoms with Gasteiger partial charge in [0.15, 0.2) is 11.5 Å². The van der Waals surface area contributed by atoms with Crippen molar-refractivity contribution in [2.24, 2.45) is 5.92 Å². The van der Waals surface area contributed by atoms with Gasteiger partial charge < -0.3 is 29.2 Å². The van der Waals surface area contributed by atoms with Gasteiger partial charge in [0.05, 0.1) is 27.8 Å². The molecule has 5 rings (SSSR count). The van der Waals surface area contributed by atoms with Crippen LogP contribution < -0.4 is 25.1 Å². The van der Waals surface area contributed by atoms with E-state index in [2.05, 4.69) is 15.2 Å². The minimum absolute atomic E-state index is 0.00725. The molecule has 1 unspecified atom stereocenters. The second-order valence-corrected chi connectivity index (χ2v) is 11.8. The number of fused-ring (bicyclic) bond motifs is 1. The molecule has 1 aromatic heterocycles. The number of nitrogens with one attached hydrogen (secondary N) is 2. The fraction of sp³-hybridized carbons (Fsp3) is 0.571. The maximum atomic E-state index is 13.4. The minimum atomic E-state index is -2.88. The van der Waals surface area contributed by atoms with Crippen LogP contribution in [0, 0.1) is 12.8 Å². The Bertz CT molecular complexity index is 1410. The second kappa shape index (κ2) is 11.2. The van der Waals surface area contributed by atoms with Crippen molar-refractivity contribution in [3.63, 3.8) is 0 Å². The number of hydrogen-bond donors (Lipinski definition) is 2. The van der Waals surface area contributed by atoms with E-state index in [0.29, 0.717) is 23.4 Å². The maximum Gasteiger partial charge on any atom is 0.255 e. The lowest BCUT2D eigenvalue weighted by Crippen LogP contribution is -2.57. The molecule has 2 aromatic rings. The summed E-state index contributed by atoms with van der Waals surface area (Å²) in [6.45, 7) is 5.38. The molecule has 1 aromatic carbocycles. The number of ether oxygens (including phenoxy) is 4. The number of halogens is 1. The average Bonchev–Trinajstić information content (AvgIpc) is 3.27. The van der Waals surface area contributed by atoms with Gasteiger partial charge in [0, 0.05) is 61.8 Å². The molecular weight excluding hydrogens is 542 g/mol. The number of aromatic nitrogens is 1. The number of aryl methyl sites for hydroxylation is 1. The summed E-state index contributed by atoms with van der Waals surface area (Å²) in [6, 6.07) is 3.61. The Labute approximate surface area is 242 Å². The van der Waals surface area contributed by atoms with Crippen LogP contribution in [0.3, 0.4) is 0 Å². The highest BCUT2D eigenvalue weighted by atomic mass is 35.5. The van der Waals surface area contributed by atoms with Crippen LogP contribution in [0.15, 0.2) is 21.8 Å². The van der Waals surface area contributed by atoms with Crippen molar-refractivity contribution in [3.8, 4) is 17.2 Å². The number of likely N-dealkylation sites (tertiary alicyclic amines) is 1. The lowest BCUT2D eigenvalue weighted by molar-refractivity contribution is -0.130. The Balaban J connectivity index is 1.37. The molecule has 3 aliphatic rings.